The monoisotopic (exact) mass is 382 g/mol. The Morgan fingerprint density at radius 2 is 1.74 bits per heavy atom. The van der Waals surface area contributed by atoms with E-state index in [4.69, 9.17) is 22.1 Å². The summed E-state index contributed by atoms with van der Waals surface area (Å²) in [5, 5.41) is 11.4. The van der Waals surface area contributed by atoms with Gasteiger partial charge in [-0.2, -0.15) is 0 Å². The lowest BCUT2D eigenvalue weighted by Crippen LogP contribution is -2.54. The Hall–Kier alpha value is -3.52. The van der Waals surface area contributed by atoms with Crippen LogP contribution in [0.15, 0.2) is 54.1 Å². The van der Waals surface area contributed by atoms with Crippen molar-refractivity contribution in [2.75, 3.05) is 12.0 Å². The third-order valence-corrected chi connectivity index (χ3v) is 4.19. The van der Waals surface area contributed by atoms with Crippen molar-refractivity contribution in [2.45, 2.75) is 0 Å². The van der Waals surface area contributed by atoms with Gasteiger partial charge in [0, 0.05) is 0 Å². The molecule has 3 rings (SSSR count). The van der Waals surface area contributed by atoms with Gasteiger partial charge in [-0.3, -0.25) is 19.8 Å². The topological polar surface area (TPSA) is 95.9 Å². The van der Waals surface area contributed by atoms with Crippen LogP contribution in [0.25, 0.3) is 6.08 Å². The van der Waals surface area contributed by atoms with Gasteiger partial charge in [0.15, 0.2) is 5.11 Å². The molecule has 0 radical (unpaired) electrons. The van der Waals surface area contributed by atoms with Crippen molar-refractivity contribution in [2.24, 2.45) is 0 Å². The zero-order valence-electron chi connectivity index (χ0n) is 14.1. The van der Waals surface area contributed by atoms with Crippen molar-refractivity contribution in [3.63, 3.8) is 0 Å². The van der Waals surface area contributed by atoms with Gasteiger partial charge in [0.2, 0.25) is 0 Å². The Morgan fingerprint density at radius 1 is 1.11 bits per heavy atom. The van der Waals surface area contributed by atoms with Gasteiger partial charge in [-0.15, -0.1) is 0 Å². The smallest absolute Gasteiger partial charge is 0.335 e. The van der Waals surface area contributed by atoms with E-state index in [0.29, 0.717) is 17.0 Å². The molecule has 1 heterocycles. The standard InChI is InChI=1S/C19H14N2O5S/c1-26-14-8-2-11(3-9-14)10-15-16(22)20-19(27)21(17(15)23)13-6-4-12(5-7-13)18(24)25/h2-10H,1H3,(H,24,25)(H,20,22,27)/b15-10+. The molecule has 2 aromatic rings. The first-order valence-electron chi connectivity index (χ1n) is 7.79. The summed E-state index contributed by atoms with van der Waals surface area (Å²) in [7, 11) is 1.54. The molecule has 1 aliphatic rings. The molecule has 136 valence electrons. The van der Waals surface area contributed by atoms with Gasteiger partial charge in [-0.25, -0.2) is 4.79 Å². The van der Waals surface area contributed by atoms with E-state index in [1.54, 1.807) is 31.4 Å². The normalized spacial score (nSPS) is 15.7. The molecule has 0 bridgehead atoms. The molecular weight excluding hydrogens is 368 g/mol. The van der Waals surface area contributed by atoms with Gasteiger partial charge < -0.3 is 9.84 Å². The van der Waals surface area contributed by atoms with E-state index < -0.39 is 17.8 Å². The highest BCUT2D eigenvalue weighted by Crippen LogP contribution is 2.23. The number of ether oxygens (including phenoxy) is 1. The lowest BCUT2D eigenvalue weighted by molar-refractivity contribution is -0.122. The number of amides is 2. The molecule has 8 heteroatoms. The summed E-state index contributed by atoms with van der Waals surface area (Å²) in [6.45, 7) is 0. The van der Waals surface area contributed by atoms with E-state index in [9.17, 15) is 14.4 Å². The van der Waals surface area contributed by atoms with Crippen LogP contribution in [0, 0.1) is 0 Å². The molecule has 0 unspecified atom stereocenters. The number of carboxylic acid groups (broad SMARTS) is 1. The third kappa shape index (κ3) is 3.70. The van der Waals surface area contributed by atoms with E-state index >= 15 is 0 Å². The first-order valence-corrected chi connectivity index (χ1v) is 8.20. The van der Waals surface area contributed by atoms with Gasteiger partial charge >= 0.3 is 5.97 Å². The van der Waals surface area contributed by atoms with Crippen molar-refractivity contribution in [1.82, 2.24) is 5.32 Å². The Morgan fingerprint density at radius 3 is 2.30 bits per heavy atom. The molecule has 1 saturated heterocycles. The number of anilines is 1. The van der Waals surface area contributed by atoms with Crippen LogP contribution < -0.4 is 15.0 Å². The van der Waals surface area contributed by atoms with Crippen LogP contribution in [0.5, 0.6) is 5.75 Å². The lowest BCUT2D eigenvalue weighted by Gasteiger charge is -2.29. The average molecular weight is 382 g/mol. The number of rotatable bonds is 4. The summed E-state index contributed by atoms with van der Waals surface area (Å²) in [4.78, 5) is 37.2. The molecule has 2 N–H and O–H groups in total. The molecule has 0 saturated carbocycles. The zero-order valence-corrected chi connectivity index (χ0v) is 14.9. The van der Waals surface area contributed by atoms with Crippen molar-refractivity contribution in [3.8, 4) is 5.75 Å². The number of carbonyl (C=O) groups excluding carboxylic acids is 2. The average Bonchev–Trinajstić information content (AvgIpc) is 2.66. The van der Waals surface area contributed by atoms with Crippen LogP contribution in [0.2, 0.25) is 0 Å². The fourth-order valence-corrected chi connectivity index (χ4v) is 2.79. The fourth-order valence-electron chi connectivity index (χ4n) is 2.51. The highest BCUT2D eigenvalue weighted by Gasteiger charge is 2.34. The maximum atomic E-state index is 12.9. The van der Waals surface area contributed by atoms with Crippen LogP contribution in [0.3, 0.4) is 0 Å². The number of benzene rings is 2. The summed E-state index contributed by atoms with van der Waals surface area (Å²) in [6, 6.07) is 12.5. The van der Waals surface area contributed by atoms with Gasteiger partial charge in [0.25, 0.3) is 11.8 Å². The Bertz CT molecular complexity index is 965. The van der Waals surface area contributed by atoms with Crippen LogP contribution in [-0.2, 0) is 9.59 Å². The van der Waals surface area contributed by atoms with Crippen LogP contribution in [0.4, 0.5) is 5.69 Å². The van der Waals surface area contributed by atoms with E-state index in [1.165, 1.54) is 30.3 Å². The predicted molar refractivity (Wildman–Crippen MR) is 103 cm³/mol. The molecule has 1 aliphatic heterocycles. The minimum Gasteiger partial charge on any atom is -0.497 e. The molecule has 27 heavy (non-hydrogen) atoms. The summed E-state index contributed by atoms with van der Waals surface area (Å²) in [6.07, 6.45) is 1.46. The minimum atomic E-state index is -1.08. The highest BCUT2D eigenvalue weighted by molar-refractivity contribution is 7.80. The van der Waals surface area contributed by atoms with E-state index in [2.05, 4.69) is 5.32 Å². The summed E-state index contributed by atoms with van der Waals surface area (Å²) in [5.74, 6) is -1.62. The molecule has 2 aromatic carbocycles. The van der Waals surface area contributed by atoms with Crippen molar-refractivity contribution in [3.05, 3.63) is 65.2 Å². The molecular formula is C19H14N2O5S. The lowest BCUT2D eigenvalue weighted by atomic mass is 10.1. The van der Waals surface area contributed by atoms with E-state index in [1.807, 2.05) is 0 Å². The number of methoxy groups -OCH3 is 1. The van der Waals surface area contributed by atoms with Crippen LogP contribution >= 0.6 is 12.2 Å². The van der Waals surface area contributed by atoms with Crippen molar-refractivity contribution >= 4 is 46.9 Å². The van der Waals surface area contributed by atoms with Gasteiger partial charge in [0.1, 0.15) is 11.3 Å². The molecule has 0 aliphatic carbocycles. The Labute approximate surface area is 159 Å². The molecule has 7 nitrogen and oxygen atoms in total. The number of nitrogens with one attached hydrogen (secondary N) is 1. The summed E-state index contributed by atoms with van der Waals surface area (Å²) >= 11 is 5.11. The second kappa shape index (κ2) is 7.38. The number of hydrogen-bond acceptors (Lipinski definition) is 5. The third-order valence-electron chi connectivity index (χ3n) is 3.90. The maximum Gasteiger partial charge on any atom is 0.335 e. The highest BCUT2D eigenvalue weighted by atomic mass is 32.1. The predicted octanol–water partition coefficient (Wildman–Crippen LogP) is 2.22. The molecule has 1 fully saturated rings. The number of aromatic carboxylic acids is 1. The largest absolute Gasteiger partial charge is 0.497 e. The number of carbonyl (C=O) groups is 3. The van der Waals surface area contributed by atoms with Crippen LogP contribution in [-0.4, -0.2) is 35.1 Å². The maximum absolute atomic E-state index is 12.9. The number of hydrogen-bond donors (Lipinski definition) is 2. The zero-order chi connectivity index (χ0) is 19.6. The Balaban J connectivity index is 1.95. The first-order chi connectivity index (χ1) is 12.9. The molecule has 2 amide bonds. The fraction of sp³-hybridized carbons (Fsp3) is 0.0526. The minimum absolute atomic E-state index is 0.0695. The van der Waals surface area contributed by atoms with Gasteiger partial charge in [-0.1, -0.05) is 12.1 Å². The molecule has 0 atom stereocenters. The summed E-state index contributed by atoms with van der Waals surface area (Å²) in [5.41, 5.74) is 0.988. The molecule has 0 spiro atoms. The second-order valence-electron chi connectivity index (χ2n) is 5.58. The molecule has 0 aromatic heterocycles. The van der Waals surface area contributed by atoms with E-state index in [0.717, 1.165) is 4.90 Å². The van der Waals surface area contributed by atoms with Crippen LogP contribution in [0.1, 0.15) is 15.9 Å². The summed E-state index contributed by atoms with van der Waals surface area (Å²) < 4.78 is 5.08. The van der Waals surface area contributed by atoms with Gasteiger partial charge in [-0.05, 0) is 60.3 Å². The van der Waals surface area contributed by atoms with Crippen molar-refractivity contribution < 1.29 is 24.2 Å². The SMILES string of the molecule is COc1ccc(/C=C2\C(=O)NC(=S)N(c3ccc(C(=O)O)cc3)C2=O)cc1. The first kappa shape index (κ1) is 18.3. The van der Waals surface area contributed by atoms with Crippen molar-refractivity contribution in [1.29, 1.82) is 0 Å². The number of thiocarbonyl (C=S) groups is 1. The van der Waals surface area contributed by atoms with E-state index in [-0.39, 0.29) is 16.2 Å². The number of nitrogens with zero attached hydrogens (tertiary/aromatic N) is 1. The second-order valence-corrected chi connectivity index (χ2v) is 5.97. The Kier molecular flexibility index (Phi) is 5.00. The quantitative estimate of drug-likeness (QED) is 0.478. The number of carboxylic acids is 1. The van der Waals surface area contributed by atoms with Gasteiger partial charge in [0.05, 0.1) is 18.4 Å².